The number of nitrogens with zero attached hydrogens (tertiary/aromatic N) is 1. The summed E-state index contributed by atoms with van der Waals surface area (Å²) < 4.78 is 32.2. The fraction of sp³-hybridized carbons (Fsp3) is 0.0455. The van der Waals surface area contributed by atoms with Crippen molar-refractivity contribution >= 4 is 27.3 Å². The quantitative estimate of drug-likeness (QED) is 0.446. The second-order valence-electron chi connectivity index (χ2n) is 6.32. The fourth-order valence-corrected chi connectivity index (χ4v) is 4.32. The molecular weight excluding hydrogens is 408 g/mol. The van der Waals surface area contributed by atoms with Crippen molar-refractivity contribution in [2.24, 2.45) is 0 Å². The van der Waals surface area contributed by atoms with Crippen molar-refractivity contribution in [3.8, 4) is 11.5 Å². The molecule has 4 aromatic rings. The first-order valence-electron chi connectivity index (χ1n) is 8.89. The van der Waals surface area contributed by atoms with Crippen LogP contribution in [0, 0.1) is 0 Å². The summed E-state index contributed by atoms with van der Waals surface area (Å²) in [6.45, 7) is 0.391. The van der Waals surface area contributed by atoms with Gasteiger partial charge in [0.05, 0.1) is 4.90 Å². The molecule has 0 saturated carbocycles. The molecular formula is C22H17ClN2O3S. The Bertz CT molecular complexity index is 1220. The molecule has 29 heavy (non-hydrogen) atoms. The summed E-state index contributed by atoms with van der Waals surface area (Å²) in [5.41, 5.74) is 1.58. The Hall–Kier alpha value is -3.09. The molecule has 0 spiro atoms. The second-order valence-corrected chi connectivity index (χ2v) is 8.62. The van der Waals surface area contributed by atoms with Crippen molar-refractivity contribution in [1.29, 1.82) is 0 Å². The van der Waals surface area contributed by atoms with E-state index < -0.39 is 9.84 Å². The molecule has 1 heterocycles. The zero-order valence-electron chi connectivity index (χ0n) is 15.2. The van der Waals surface area contributed by atoms with Crippen LogP contribution >= 0.6 is 11.6 Å². The Morgan fingerprint density at radius 1 is 0.897 bits per heavy atom. The Labute approximate surface area is 173 Å². The van der Waals surface area contributed by atoms with Gasteiger partial charge in [-0.1, -0.05) is 66.2 Å². The van der Waals surface area contributed by atoms with Gasteiger partial charge in [0.15, 0.2) is 0 Å². The minimum Gasteiger partial charge on any atom is -0.419 e. The van der Waals surface area contributed by atoms with Crippen LogP contribution in [-0.4, -0.2) is 13.4 Å². The molecule has 4 rings (SSSR count). The molecule has 3 aromatic carbocycles. The van der Waals surface area contributed by atoms with Crippen LogP contribution in [0.1, 0.15) is 5.56 Å². The van der Waals surface area contributed by atoms with E-state index in [1.807, 2.05) is 30.3 Å². The summed E-state index contributed by atoms with van der Waals surface area (Å²) in [4.78, 5) is 4.45. The van der Waals surface area contributed by atoms with E-state index in [0.717, 1.165) is 5.56 Å². The highest BCUT2D eigenvalue weighted by Gasteiger charge is 2.28. The average Bonchev–Trinajstić information content (AvgIpc) is 3.19. The van der Waals surface area contributed by atoms with Gasteiger partial charge in [0.25, 0.3) is 0 Å². The van der Waals surface area contributed by atoms with Gasteiger partial charge in [-0.15, -0.1) is 0 Å². The third kappa shape index (κ3) is 4.18. The van der Waals surface area contributed by atoms with Crippen LogP contribution < -0.4 is 5.32 Å². The molecule has 5 nitrogen and oxygen atoms in total. The lowest BCUT2D eigenvalue weighted by molar-refractivity contribution is 0.576. The van der Waals surface area contributed by atoms with Crippen molar-refractivity contribution < 1.29 is 12.8 Å². The minimum absolute atomic E-state index is 0.0904. The van der Waals surface area contributed by atoms with Gasteiger partial charge < -0.3 is 9.73 Å². The largest absolute Gasteiger partial charge is 0.419 e. The van der Waals surface area contributed by atoms with Gasteiger partial charge in [0, 0.05) is 17.1 Å². The molecule has 146 valence electrons. The molecule has 1 aromatic heterocycles. The average molecular weight is 425 g/mol. The molecule has 0 saturated heterocycles. The molecule has 0 fully saturated rings. The number of rotatable bonds is 6. The maximum absolute atomic E-state index is 13.2. The maximum atomic E-state index is 13.2. The van der Waals surface area contributed by atoms with Gasteiger partial charge in [0.1, 0.15) is 0 Å². The van der Waals surface area contributed by atoms with Crippen LogP contribution in [-0.2, 0) is 16.4 Å². The van der Waals surface area contributed by atoms with Gasteiger partial charge in [-0.2, -0.15) is 4.98 Å². The Balaban J connectivity index is 1.77. The third-order valence-electron chi connectivity index (χ3n) is 4.27. The number of aromatic nitrogens is 1. The smallest absolute Gasteiger partial charge is 0.234 e. The zero-order valence-corrected chi connectivity index (χ0v) is 16.8. The number of anilines is 1. The van der Waals surface area contributed by atoms with E-state index >= 15 is 0 Å². The molecule has 0 amide bonds. The second kappa shape index (κ2) is 8.11. The molecule has 0 aliphatic heterocycles. The predicted octanol–water partition coefficient (Wildman–Crippen LogP) is 5.44. The summed E-state index contributed by atoms with van der Waals surface area (Å²) in [6.07, 6.45) is 0. The predicted molar refractivity (Wildman–Crippen MR) is 113 cm³/mol. The summed E-state index contributed by atoms with van der Waals surface area (Å²) in [6, 6.07) is 24.7. The molecule has 0 atom stereocenters. The number of benzene rings is 3. The van der Waals surface area contributed by atoms with E-state index in [1.54, 1.807) is 42.5 Å². The topological polar surface area (TPSA) is 72.2 Å². The first-order valence-corrected chi connectivity index (χ1v) is 10.7. The number of hydrogen-bond donors (Lipinski definition) is 1. The van der Waals surface area contributed by atoms with Crippen molar-refractivity contribution in [2.75, 3.05) is 5.32 Å². The summed E-state index contributed by atoms with van der Waals surface area (Å²) in [7, 11) is -3.87. The number of nitrogens with one attached hydrogen (secondary N) is 1. The SMILES string of the molecule is O=S(=O)(c1ccccc1)c1nc(-c2cccc(Cl)c2)oc1NCc1ccccc1. The highest BCUT2D eigenvalue weighted by atomic mass is 35.5. The van der Waals surface area contributed by atoms with Gasteiger partial charge in [-0.25, -0.2) is 8.42 Å². The van der Waals surface area contributed by atoms with Crippen molar-refractivity contribution in [1.82, 2.24) is 4.98 Å². The van der Waals surface area contributed by atoms with E-state index in [4.69, 9.17) is 16.0 Å². The molecule has 7 heteroatoms. The summed E-state index contributed by atoms with van der Waals surface area (Å²) in [5, 5.41) is 3.42. The van der Waals surface area contributed by atoms with E-state index in [0.29, 0.717) is 17.1 Å². The highest BCUT2D eigenvalue weighted by molar-refractivity contribution is 7.91. The van der Waals surface area contributed by atoms with E-state index in [-0.39, 0.29) is 21.7 Å². The lowest BCUT2D eigenvalue weighted by Crippen LogP contribution is -2.07. The van der Waals surface area contributed by atoms with Crippen molar-refractivity contribution in [2.45, 2.75) is 16.5 Å². The van der Waals surface area contributed by atoms with Crippen LogP contribution in [0.25, 0.3) is 11.5 Å². The zero-order chi connectivity index (χ0) is 20.3. The van der Waals surface area contributed by atoms with Gasteiger partial charge in [-0.3, -0.25) is 0 Å². The third-order valence-corrected chi connectivity index (χ3v) is 6.19. The van der Waals surface area contributed by atoms with Gasteiger partial charge in [-0.05, 0) is 35.9 Å². The Morgan fingerprint density at radius 2 is 1.59 bits per heavy atom. The Kier molecular flexibility index (Phi) is 5.38. The lowest BCUT2D eigenvalue weighted by atomic mass is 10.2. The monoisotopic (exact) mass is 424 g/mol. The first-order chi connectivity index (χ1) is 14.0. The van der Waals surface area contributed by atoms with Crippen LogP contribution in [0.4, 0.5) is 5.88 Å². The van der Waals surface area contributed by atoms with E-state index in [1.165, 1.54) is 12.1 Å². The fourth-order valence-electron chi connectivity index (χ4n) is 2.83. The highest BCUT2D eigenvalue weighted by Crippen LogP contribution is 2.33. The van der Waals surface area contributed by atoms with Crippen LogP contribution in [0.15, 0.2) is 99.3 Å². The van der Waals surface area contributed by atoms with Crippen LogP contribution in [0.5, 0.6) is 0 Å². The number of halogens is 1. The number of hydrogen-bond acceptors (Lipinski definition) is 5. The Morgan fingerprint density at radius 3 is 2.28 bits per heavy atom. The molecule has 0 unspecified atom stereocenters. The lowest BCUT2D eigenvalue weighted by Gasteiger charge is -2.06. The molecule has 0 bridgehead atoms. The van der Waals surface area contributed by atoms with Gasteiger partial charge in [0.2, 0.25) is 26.6 Å². The standard InChI is InChI=1S/C22H17ClN2O3S/c23-18-11-7-10-17(14-18)20-25-22(29(26,27)19-12-5-2-6-13-19)21(28-20)24-15-16-8-3-1-4-9-16/h1-14,24H,15H2. The van der Waals surface area contributed by atoms with Gasteiger partial charge >= 0.3 is 0 Å². The van der Waals surface area contributed by atoms with E-state index in [2.05, 4.69) is 10.3 Å². The number of sulfone groups is 1. The summed E-state index contributed by atoms with van der Waals surface area (Å²) in [5.74, 6) is 0.269. The molecule has 0 radical (unpaired) electrons. The molecule has 0 aliphatic carbocycles. The van der Waals surface area contributed by atoms with Crippen LogP contribution in [0.2, 0.25) is 5.02 Å². The molecule has 1 N–H and O–H groups in total. The van der Waals surface area contributed by atoms with Crippen LogP contribution in [0.3, 0.4) is 0 Å². The molecule has 0 aliphatic rings. The first kappa shape index (κ1) is 19.2. The maximum Gasteiger partial charge on any atom is 0.234 e. The minimum atomic E-state index is -3.87. The number of oxazole rings is 1. The van der Waals surface area contributed by atoms with Crippen molar-refractivity contribution in [3.63, 3.8) is 0 Å². The van der Waals surface area contributed by atoms with Crippen molar-refractivity contribution in [3.05, 3.63) is 95.5 Å². The van der Waals surface area contributed by atoms with E-state index in [9.17, 15) is 8.42 Å². The summed E-state index contributed by atoms with van der Waals surface area (Å²) >= 11 is 6.07. The normalized spacial score (nSPS) is 11.3.